The number of ether oxygens (including phenoxy) is 6. The van der Waals surface area contributed by atoms with Crippen molar-refractivity contribution in [2.45, 2.75) is 13.8 Å². The van der Waals surface area contributed by atoms with Gasteiger partial charge in [-0.2, -0.15) is 0 Å². The molecule has 230 valence electrons. The van der Waals surface area contributed by atoms with E-state index >= 15 is 0 Å². The smallest absolute Gasteiger partial charge is 0.346 e. The highest BCUT2D eigenvalue weighted by Gasteiger charge is 2.18. The van der Waals surface area contributed by atoms with E-state index in [0.717, 1.165) is 12.1 Å². The molecule has 0 radical (unpaired) electrons. The molecule has 12 heteroatoms. The van der Waals surface area contributed by atoms with Crippen molar-refractivity contribution >= 4 is 23.9 Å². The predicted molar refractivity (Wildman–Crippen MR) is 152 cm³/mol. The molecule has 0 N–H and O–H groups in total. The maximum Gasteiger partial charge on any atom is 0.346 e. The Labute approximate surface area is 251 Å². The molecule has 10 nitrogen and oxygen atoms in total. The van der Waals surface area contributed by atoms with Gasteiger partial charge in [0, 0.05) is 23.3 Å². The summed E-state index contributed by atoms with van der Waals surface area (Å²) in [5, 5.41) is 0. The molecule has 0 fully saturated rings. The Kier molecular flexibility index (Phi) is 11.7. The average molecular weight is 611 g/mol. The number of rotatable bonds is 14. The zero-order valence-electron chi connectivity index (χ0n) is 23.9. The van der Waals surface area contributed by atoms with Crippen molar-refractivity contribution in [1.82, 2.24) is 0 Å². The largest absolute Gasteiger partial charge is 0.490 e. The molecule has 0 amide bonds. The molecule has 3 rings (SSSR count). The first kappa shape index (κ1) is 33.0. The number of benzene rings is 3. The van der Waals surface area contributed by atoms with Crippen LogP contribution in [-0.2, 0) is 19.1 Å². The summed E-state index contributed by atoms with van der Waals surface area (Å²) in [6.07, 6.45) is 0. The van der Waals surface area contributed by atoms with Crippen LogP contribution in [0.1, 0.15) is 34.6 Å². The van der Waals surface area contributed by atoms with Gasteiger partial charge >= 0.3 is 23.9 Å². The molecule has 0 aliphatic rings. The lowest BCUT2D eigenvalue weighted by molar-refractivity contribution is -0.140. The highest BCUT2D eigenvalue weighted by atomic mass is 19.1. The van der Waals surface area contributed by atoms with Crippen molar-refractivity contribution in [3.8, 4) is 23.0 Å². The molecule has 0 saturated carbocycles. The minimum absolute atomic E-state index is 0.0236. The zero-order chi connectivity index (χ0) is 32.2. The molecule has 0 heterocycles. The summed E-state index contributed by atoms with van der Waals surface area (Å²) in [5.74, 6) is -4.68. The third-order valence-corrected chi connectivity index (χ3v) is 5.43. The Bertz CT molecular complexity index is 1450. The predicted octanol–water partition coefficient (Wildman–Crippen LogP) is 5.40. The van der Waals surface area contributed by atoms with Crippen molar-refractivity contribution in [1.29, 1.82) is 0 Å². The van der Waals surface area contributed by atoms with Crippen molar-refractivity contribution in [3.05, 3.63) is 108 Å². The second kappa shape index (κ2) is 15.6. The van der Waals surface area contributed by atoms with E-state index in [4.69, 9.17) is 28.4 Å². The average Bonchev–Trinajstić information content (AvgIpc) is 2.98. The Hall–Kier alpha value is -5.52. The highest BCUT2D eigenvalue weighted by molar-refractivity contribution is 5.92. The van der Waals surface area contributed by atoms with Gasteiger partial charge in [-0.3, -0.25) is 0 Å². The molecule has 3 aromatic rings. The minimum atomic E-state index is -0.993. The number of carbonyl (C=O) groups is 4. The van der Waals surface area contributed by atoms with Gasteiger partial charge in [0.25, 0.3) is 0 Å². The van der Waals surface area contributed by atoms with Gasteiger partial charge in [-0.25, -0.2) is 28.0 Å². The highest BCUT2D eigenvalue weighted by Crippen LogP contribution is 2.23. The lowest BCUT2D eigenvalue weighted by atomic mass is 10.2. The molecule has 0 aromatic heterocycles. The number of halogens is 2. The van der Waals surface area contributed by atoms with E-state index in [1.165, 1.54) is 62.4 Å². The molecule has 0 aliphatic heterocycles. The van der Waals surface area contributed by atoms with Crippen LogP contribution < -0.4 is 18.9 Å². The van der Waals surface area contributed by atoms with Crippen LogP contribution in [0.2, 0.25) is 0 Å². The third kappa shape index (κ3) is 9.79. The number of carbonyl (C=O) groups excluding carboxylic acids is 4. The first-order chi connectivity index (χ1) is 20.9. The van der Waals surface area contributed by atoms with Crippen LogP contribution in [0, 0.1) is 11.6 Å². The van der Waals surface area contributed by atoms with Gasteiger partial charge < -0.3 is 28.4 Å². The van der Waals surface area contributed by atoms with Gasteiger partial charge in [0.15, 0.2) is 0 Å². The quantitative estimate of drug-likeness (QED) is 0.101. The fourth-order valence-corrected chi connectivity index (χ4v) is 3.24. The summed E-state index contributed by atoms with van der Waals surface area (Å²) < 4.78 is 59.7. The van der Waals surface area contributed by atoms with Gasteiger partial charge in [0.1, 0.15) is 61.1 Å². The Balaban J connectivity index is 1.50. The Morgan fingerprint density at radius 1 is 0.568 bits per heavy atom. The number of hydrogen-bond donors (Lipinski definition) is 0. The molecule has 0 spiro atoms. The maximum atomic E-state index is 14.5. The fourth-order valence-electron chi connectivity index (χ4n) is 3.24. The van der Waals surface area contributed by atoms with Crippen LogP contribution in [-0.4, -0.2) is 50.3 Å². The van der Waals surface area contributed by atoms with Crippen molar-refractivity contribution in [3.63, 3.8) is 0 Å². The molecule has 0 aliphatic carbocycles. The minimum Gasteiger partial charge on any atom is -0.490 e. The summed E-state index contributed by atoms with van der Waals surface area (Å²) in [6, 6.07) is 12.2. The van der Waals surface area contributed by atoms with E-state index < -0.39 is 35.5 Å². The summed E-state index contributed by atoms with van der Waals surface area (Å²) in [5.41, 5.74) is -0.260. The van der Waals surface area contributed by atoms with E-state index in [0.29, 0.717) is 0 Å². The molecule has 44 heavy (non-hydrogen) atoms. The molecule has 0 bridgehead atoms. The Morgan fingerprint density at radius 3 is 1.23 bits per heavy atom. The maximum absolute atomic E-state index is 14.5. The zero-order valence-corrected chi connectivity index (χ0v) is 23.9. The first-order valence-corrected chi connectivity index (χ1v) is 13.0. The van der Waals surface area contributed by atoms with E-state index in [-0.39, 0.29) is 71.7 Å². The monoisotopic (exact) mass is 610 g/mol. The van der Waals surface area contributed by atoms with Gasteiger partial charge in [-0.15, -0.1) is 0 Å². The van der Waals surface area contributed by atoms with Crippen molar-refractivity contribution in [2.75, 3.05) is 26.4 Å². The lowest BCUT2D eigenvalue weighted by Crippen LogP contribution is -2.14. The van der Waals surface area contributed by atoms with Crippen LogP contribution in [0.5, 0.6) is 23.0 Å². The fraction of sp³-hybridized carbons (Fsp3) is 0.188. The topological polar surface area (TPSA) is 124 Å². The molecule has 3 aromatic carbocycles. The second-order valence-electron chi connectivity index (χ2n) is 9.06. The van der Waals surface area contributed by atoms with Crippen LogP contribution in [0.4, 0.5) is 8.78 Å². The van der Waals surface area contributed by atoms with Crippen LogP contribution in [0.25, 0.3) is 0 Å². The third-order valence-electron chi connectivity index (χ3n) is 5.43. The molecule has 0 unspecified atom stereocenters. The van der Waals surface area contributed by atoms with Crippen LogP contribution in [0.15, 0.2) is 85.0 Å². The van der Waals surface area contributed by atoms with Gasteiger partial charge in [-0.05, 0) is 62.4 Å². The van der Waals surface area contributed by atoms with Crippen LogP contribution >= 0.6 is 0 Å². The lowest BCUT2D eigenvalue weighted by Gasteiger charge is -2.10. The summed E-state index contributed by atoms with van der Waals surface area (Å²) >= 11 is 0. The Morgan fingerprint density at radius 2 is 0.909 bits per heavy atom. The molecule has 0 saturated heterocycles. The summed E-state index contributed by atoms with van der Waals surface area (Å²) in [7, 11) is 0. The van der Waals surface area contributed by atoms with E-state index in [1.807, 2.05) is 0 Å². The number of hydrogen-bond acceptors (Lipinski definition) is 10. The van der Waals surface area contributed by atoms with Crippen LogP contribution in [0.3, 0.4) is 0 Å². The van der Waals surface area contributed by atoms with Gasteiger partial charge in [-0.1, -0.05) is 13.2 Å². The first-order valence-electron chi connectivity index (χ1n) is 13.0. The van der Waals surface area contributed by atoms with Crippen molar-refractivity contribution < 1.29 is 56.4 Å². The van der Waals surface area contributed by atoms with E-state index in [9.17, 15) is 28.0 Å². The number of esters is 4. The summed E-state index contributed by atoms with van der Waals surface area (Å²) in [4.78, 5) is 47.6. The van der Waals surface area contributed by atoms with Crippen molar-refractivity contribution in [2.24, 2.45) is 0 Å². The summed E-state index contributed by atoms with van der Waals surface area (Å²) in [6.45, 7) is 9.68. The van der Waals surface area contributed by atoms with Gasteiger partial charge in [0.05, 0.1) is 11.1 Å². The molecular formula is C32H28F2O10. The second-order valence-corrected chi connectivity index (χ2v) is 9.06. The standard InChI is InChI=1S/C32H28F2O10/c1-19(2)29(35)41-15-13-39-23-9-11-25(27(33)17-23)31(37)43-21-5-7-22(8-6-21)44-32(38)26-12-10-24(18-28(26)34)40-14-16-42-30(36)20(3)4/h5-12,17-18H,1,3,13-16H2,2,4H3. The van der Waals surface area contributed by atoms with Gasteiger partial charge in [0.2, 0.25) is 0 Å². The molecule has 0 atom stereocenters. The van der Waals surface area contributed by atoms with E-state index in [2.05, 4.69) is 13.2 Å². The SMILES string of the molecule is C=C(C)C(=O)OCCOc1ccc(C(=O)Oc2ccc(OC(=O)c3ccc(OCCOC(=O)C(=C)C)cc3F)cc2)c(F)c1. The normalized spacial score (nSPS) is 10.3. The molecular weight excluding hydrogens is 582 g/mol. The van der Waals surface area contributed by atoms with E-state index in [1.54, 1.807) is 0 Å².